The highest BCUT2D eigenvalue weighted by Crippen LogP contribution is 2.25. The quantitative estimate of drug-likeness (QED) is 0.800. The van der Waals surface area contributed by atoms with Gasteiger partial charge in [-0.05, 0) is 56.2 Å². The molecule has 0 aliphatic rings. The molecule has 0 aromatic heterocycles. The predicted molar refractivity (Wildman–Crippen MR) is 59.5 cm³/mol. The van der Waals surface area contributed by atoms with Crippen LogP contribution in [0, 0.1) is 14.9 Å². The number of nitriles is 1. The number of benzene rings is 1. The first-order valence-corrected chi connectivity index (χ1v) is 5.15. The standard InChI is InChI=1S/C8H6BrIN2/c9-8-5(3-11)1-2-7(10)6(8)4-12/h1-2H,4,12H2. The van der Waals surface area contributed by atoms with E-state index >= 15 is 0 Å². The van der Waals surface area contributed by atoms with E-state index in [2.05, 4.69) is 44.6 Å². The molecule has 0 spiro atoms. The van der Waals surface area contributed by atoms with E-state index in [0.717, 1.165) is 13.6 Å². The number of halogens is 2. The van der Waals surface area contributed by atoms with Gasteiger partial charge in [0.15, 0.2) is 0 Å². The van der Waals surface area contributed by atoms with Crippen LogP contribution >= 0.6 is 38.5 Å². The van der Waals surface area contributed by atoms with Crippen molar-refractivity contribution in [2.75, 3.05) is 0 Å². The Kier molecular flexibility index (Phi) is 3.50. The van der Waals surface area contributed by atoms with Crippen molar-refractivity contribution in [1.29, 1.82) is 5.26 Å². The third-order valence-corrected chi connectivity index (χ3v) is 3.43. The number of nitrogens with zero attached hydrogens (tertiary/aromatic N) is 1. The van der Waals surface area contributed by atoms with Gasteiger partial charge in [0.05, 0.1) is 5.56 Å². The second-order valence-corrected chi connectivity index (χ2v) is 4.16. The van der Waals surface area contributed by atoms with Gasteiger partial charge < -0.3 is 5.73 Å². The lowest BCUT2D eigenvalue weighted by Gasteiger charge is -2.04. The Hall–Kier alpha value is -0.120. The van der Waals surface area contributed by atoms with Gasteiger partial charge in [-0.15, -0.1) is 0 Å². The highest BCUT2D eigenvalue weighted by molar-refractivity contribution is 14.1. The van der Waals surface area contributed by atoms with Crippen molar-refractivity contribution in [2.45, 2.75) is 6.54 Å². The van der Waals surface area contributed by atoms with E-state index in [1.807, 2.05) is 6.07 Å². The van der Waals surface area contributed by atoms with E-state index in [1.54, 1.807) is 6.07 Å². The Labute approximate surface area is 93.0 Å². The van der Waals surface area contributed by atoms with Crippen LogP contribution in [0.5, 0.6) is 0 Å². The highest BCUT2D eigenvalue weighted by Gasteiger charge is 2.07. The van der Waals surface area contributed by atoms with Crippen LogP contribution in [0.4, 0.5) is 0 Å². The zero-order chi connectivity index (χ0) is 9.14. The Balaban J connectivity index is 3.36. The first kappa shape index (κ1) is 9.96. The molecule has 1 aromatic rings. The molecule has 1 aromatic carbocycles. The first-order valence-electron chi connectivity index (χ1n) is 3.27. The van der Waals surface area contributed by atoms with E-state index in [4.69, 9.17) is 11.0 Å². The average molecular weight is 337 g/mol. The lowest BCUT2D eigenvalue weighted by molar-refractivity contribution is 1.05. The van der Waals surface area contributed by atoms with Crippen LogP contribution in [0.3, 0.4) is 0 Å². The normalized spacial score (nSPS) is 9.50. The van der Waals surface area contributed by atoms with Crippen molar-refractivity contribution in [3.63, 3.8) is 0 Å². The molecule has 0 saturated carbocycles. The van der Waals surface area contributed by atoms with Crippen LogP contribution < -0.4 is 5.73 Å². The molecule has 62 valence electrons. The van der Waals surface area contributed by atoms with Gasteiger partial charge in [-0.25, -0.2) is 0 Å². The van der Waals surface area contributed by atoms with Gasteiger partial charge in [-0.1, -0.05) is 0 Å². The molecule has 2 N–H and O–H groups in total. The monoisotopic (exact) mass is 336 g/mol. The summed E-state index contributed by atoms with van der Waals surface area (Å²) in [5.74, 6) is 0. The van der Waals surface area contributed by atoms with Crippen LogP contribution in [-0.4, -0.2) is 0 Å². The van der Waals surface area contributed by atoms with Gasteiger partial charge in [0, 0.05) is 14.6 Å². The molecule has 2 nitrogen and oxygen atoms in total. The SMILES string of the molecule is N#Cc1ccc(I)c(CN)c1Br. The van der Waals surface area contributed by atoms with Gasteiger partial charge >= 0.3 is 0 Å². The Morgan fingerprint density at radius 1 is 1.58 bits per heavy atom. The zero-order valence-electron chi connectivity index (χ0n) is 6.14. The summed E-state index contributed by atoms with van der Waals surface area (Å²) in [7, 11) is 0. The van der Waals surface area contributed by atoms with Gasteiger partial charge in [0.25, 0.3) is 0 Å². The molecule has 12 heavy (non-hydrogen) atoms. The molecule has 1 rings (SSSR count). The Morgan fingerprint density at radius 3 is 2.75 bits per heavy atom. The largest absolute Gasteiger partial charge is 0.326 e. The maximum absolute atomic E-state index is 8.71. The third kappa shape index (κ3) is 1.79. The fourth-order valence-corrected chi connectivity index (χ4v) is 2.51. The van der Waals surface area contributed by atoms with Crippen molar-refractivity contribution in [3.05, 3.63) is 31.3 Å². The minimum atomic E-state index is 0.453. The molecule has 0 radical (unpaired) electrons. The first-order chi connectivity index (χ1) is 5.70. The molecule has 0 bridgehead atoms. The van der Waals surface area contributed by atoms with E-state index in [9.17, 15) is 0 Å². The molecule has 0 fully saturated rings. The van der Waals surface area contributed by atoms with Gasteiger partial charge in [-0.2, -0.15) is 5.26 Å². The highest BCUT2D eigenvalue weighted by atomic mass is 127. The third-order valence-electron chi connectivity index (χ3n) is 1.51. The fraction of sp³-hybridized carbons (Fsp3) is 0.125. The topological polar surface area (TPSA) is 49.8 Å². The minimum absolute atomic E-state index is 0.453. The predicted octanol–water partition coefficient (Wildman–Crippen LogP) is 2.38. The number of nitrogens with two attached hydrogens (primary N) is 1. The van der Waals surface area contributed by atoms with Crippen molar-refractivity contribution in [2.24, 2.45) is 5.73 Å². The van der Waals surface area contributed by atoms with Crippen LogP contribution in [0.15, 0.2) is 16.6 Å². The maximum Gasteiger partial charge on any atom is 0.100 e. The molecule has 0 aliphatic carbocycles. The van der Waals surface area contributed by atoms with Crippen LogP contribution in [-0.2, 0) is 6.54 Å². The van der Waals surface area contributed by atoms with Gasteiger partial charge in [0.1, 0.15) is 6.07 Å². The number of hydrogen-bond acceptors (Lipinski definition) is 2. The zero-order valence-corrected chi connectivity index (χ0v) is 9.89. The molecule has 0 saturated heterocycles. The molecule has 0 amide bonds. The van der Waals surface area contributed by atoms with Crippen molar-refractivity contribution >= 4 is 38.5 Å². The van der Waals surface area contributed by atoms with E-state index < -0.39 is 0 Å². The number of hydrogen-bond donors (Lipinski definition) is 1. The molecule has 0 aliphatic heterocycles. The summed E-state index contributed by atoms with van der Waals surface area (Å²) in [4.78, 5) is 0. The van der Waals surface area contributed by atoms with E-state index in [1.165, 1.54) is 0 Å². The van der Waals surface area contributed by atoms with Crippen molar-refractivity contribution in [3.8, 4) is 6.07 Å². The summed E-state index contributed by atoms with van der Waals surface area (Å²) >= 11 is 5.54. The van der Waals surface area contributed by atoms with Crippen LogP contribution in [0.25, 0.3) is 0 Å². The summed E-state index contributed by atoms with van der Waals surface area (Å²) < 4.78 is 1.90. The molecule has 0 heterocycles. The van der Waals surface area contributed by atoms with Crippen molar-refractivity contribution < 1.29 is 0 Å². The summed E-state index contributed by atoms with van der Waals surface area (Å²) in [6, 6.07) is 5.77. The molecule has 0 unspecified atom stereocenters. The second-order valence-electron chi connectivity index (χ2n) is 2.20. The van der Waals surface area contributed by atoms with E-state index in [0.29, 0.717) is 12.1 Å². The Morgan fingerprint density at radius 2 is 2.25 bits per heavy atom. The summed E-state index contributed by atoms with van der Waals surface area (Å²) in [5, 5.41) is 8.71. The number of rotatable bonds is 1. The van der Waals surface area contributed by atoms with Crippen LogP contribution in [0.1, 0.15) is 11.1 Å². The summed E-state index contributed by atoms with van der Waals surface area (Å²) in [6.45, 7) is 0.453. The van der Waals surface area contributed by atoms with Gasteiger partial charge in [-0.3, -0.25) is 0 Å². The van der Waals surface area contributed by atoms with Gasteiger partial charge in [0.2, 0.25) is 0 Å². The van der Waals surface area contributed by atoms with E-state index in [-0.39, 0.29) is 0 Å². The Bertz CT molecular complexity index is 344. The van der Waals surface area contributed by atoms with Crippen LogP contribution in [0.2, 0.25) is 0 Å². The smallest absolute Gasteiger partial charge is 0.100 e. The second kappa shape index (κ2) is 4.21. The fourth-order valence-electron chi connectivity index (χ4n) is 0.871. The molecular weight excluding hydrogens is 331 g/mol. The summed E-state index contributed by atoms with van der Waals surface area (Å²) in [5.41, 5.74) is 7.16. The maximum atomic E-state index is 8.71. The summed E-state index contributed by atoms with van der Waals surface area (Å²) in [6.07, 6.45) is 0. The lowest BCUT2D eigenvalue weighted by Crippen LogP contribution is -2.01. The molecule has 4 heteroatoms. The molecule has 0 atom stereocenters. The lowest BCUT2D eigenvalue weighted by atomic mass is 10.1. The minimum Gasteiger partial charge on any atom is -0.326 e. The average Bonchev–Trinajstić information content (AvgIpc) is 2.06. The molecular formula is C8H6BrIN2. The van der Waals surface area contributed by atoms with Crippen molar-refractivity contribution in [1.82, 2.24) is 0 Å².